The van der Waals surface area contributed by atoms with Gasteiger partial charge in [0.25, 0.3) is 5.91 Å². The summed E-state index contributed by atoms with van der Waals surface area (Å²) in [5.74, 6) is 0.327. The highest BCUT2D eigenvalue weighted by atomic mass is 16.5. The van der Waals surface area contributed by atoms with Gasteiger partial charge in [0.2, 0.25) is 5.91 Å². The number of aryl methyl sites for hydroxylation is 1. The minimum atomic E-state index is -0.674. The van der Waals surface area contributed by atoms with Gasteiger partial charge in [-0.2, -0.15) is 0 Å². The van der Waals surface area contributed by atoms with E-state index in [0.29, 0.717) is 17.9 Å². The van der Waals surface area contributed by atoms with E-state index in [1.165, 1.54) is 0 Å². The zero-order valence-electron chi connectivity index (χ0n) is 16.1. The third-order valence-corrected chi connectivity index (χ3v) is 5.73. The lowest BCUT2D eigenvalue weighted by Crippen LogP contribution is -2.56. The molecule has 6 heteroatoms. The van der Waals surface area contributed by atoms with Gasteiger partial charge in [0.05, 0.1) is 19.4 Å². The molecule has 2 heterocycles. The molecule has 0 unspecified atom stereocenters. The van der Waals surface area contributed by atoms with Crippen LogP contribution < -0.4 is 5.32 Å². The van der Waals surface area contributed by atoms with Gasteiger partial charge in [-0.3, -0.25) is 14.5 Å². The van der Waals surface area contributed by atoms with Crippen molar-refractivity contribution in [3.63, 3.8) is 0 Å². The minimum absolute atomic E-state index is 0.141. The van der Waals surface area contributed by atoms with Crippen molar-refractivity contribution in [3.05, 3.63) is 59.5 Å². The Morgan fingerprint density at radius 1 is 1.14 bits per heavy atom. The molecule has 0 radical (unpaired) electrons. The van der Waals surface area contributed by atoms with Gasteiger partial charge >= 0.3 is 0 Å². The number of furan rings is 1. The second-order valence-electron chi connectivity index (χ2n) is 7.67. The molecular formula is C22H26N2O4. The minimum Gasteiger partial charge on any atom is -0.467 e. The zero-order valence-corrected chi connectivity index (χ0v) is 16.1. The second-order valence-corrected chi connectivity index (χ2v) is 7.67. The SMILES string of the molecule is Cc1ccc(C(=O)N2[C@H](C(=O)NCc3ccco3)COC23CCCCC3)cc1. The molecule has 6 nitrogen and oxygen atoms in total. The predicted octanol–water partition coefficient (Wildman–Crippen LogP) is 3.41. The monoisotopic (exact) mass is 382 g/mol. The number of nitrogens with zero attached hydrogens (tertiary/aromatic N) is 1. The Morgan fingerprint density at radius 3 is 2.57 bits per heavy atom. The Labute approximate surface area is 164 Å². The number of benzene rings is 1. The van der Waals surface area contributed by atoms with Crippen LogP contribution in [0.4, 0.5) is 0 Å². The third kappa shape index (κ3) is 3.56. The third-order valence-electron chi connectivity index (χ3n) is 5.73. The van der Waals surface area contributed by atoms with Gasteiger partial charge in [-0.15, -0.1) is 0 Å². The van der Waals surface area contributed by atoms with Crippen LogP contribution >= 0.6 is 0 Å². The van der Waals surface area contributed by atoms with Crippen molar-refractivity contribution in [2.75, 3.05) is 6.61 Å². The van der Waals surface area contributed by atoms with Crippen LogP contribution in [0.5, 0.6) is 0 Å². The van der Waals surface area contributed by atoms with E-state index in [1.54, 1.807) is 17.2 Å². The van der Waals surface area contributed by atoms with Crippen molar-refractivity contribution >= 4 is 11.8 Å². The van der Waals surface area contributed by atoms with E-state index in [1.807, 2.05) is 37.3 Å². The van der Waals surface area contributed by atoms with E-state index in [0.717, 1.165) is 37.7 Å². The highest BCUT2D eigenvalue weighted by Gasteiger charge is 2.52. The molecule has 0 bridgehead atoms. The first-order valence-corrected chi connectivity index (χ1v) is 9.93. The normalized spacial score (nSPS) is 21.0. The summed E-state index contributed by atoms with van der Waals surface area (Å²) in [6.45, 7) is 2.50. The number of carbonyl (C=O) groups is 2. The molecule has 28 heavy (non-hydrogen) atoms. The molecule has 148 valence electrons. The maximum absolute atomic E-state index is 13.4. The molecule has 1 N–H and O–H groups in total. The molecule has 1 aliphatic heterocycles. The Bertz CT molecular complexity index is 823. The van der Waals surface area contributed by atoms with E-state index in [4.69, 9.17) is 9.15 Å². The van der Waals surface area contributed by atoms with E-state index < -0.39 is 11.8 Å². The number of carbonyl (C=O) groups excluding carboxylic acids is 2. The van der Waals surface area contributed by atoms with Crippen LogP contribution in [0.25, 0.3) is 0 Å². The Balaban J connectivity index is 1.58. The number of ether oxygens (including phenoxy) is 1. The van der Waals surface area contributed by atoms with Crippen molar-refractivity contribution in [2.45, 2.75) is 57.3 Å². The molecule has 2 amide bonds. The first-order valence-electron chi connectivity index (χ1n) is 9.93. The van der Waals surface area contributed by atoms with Crippen LogP contribution in [0.3, 0.4) is 0 Å². The topological polar surface area (TPSA) is 71.8 Å². The van der Waals surface area contributed by atoms with E-state index in [9.17, 15) is 9.59 Å². The largest absolute Gasteiger partial charge is 0.467 e. The summed E-state index contributed by atoms with van der Waals surface area (Å²) in [6.07, 6.45) is 6.24. The van der Waals surface area contributed by atoms with Gasteiger partial charge in [-0.25, -0.2) is 0 Å². The van der Waals surface area contributed by atoms with Crippen LogP contribution in [-0.4, -0.2) is 35.1 Å². The molecule has 1 saturated carbocycles. The van der Waals surface area contributed by atoms with Gasteiger partial charge in [0.15, 0.2) is 0 Å². The quantitative estimate of drug-likeness (QED) is 0.880. The number of hydrogen-bond acceptors (Lipinski definition) is 4. The predicted molar refractivity (Wildman–Crippen MR) is 103 cm³/mol. The molecule has 4 rings (SSSR count). The van der Waals surface area contributed by atoms with Crippen LogP contribution in [0.15, 0.2) is 47.1 Å². The van der Waals surface area contributed by atoms with E-state index >= 15 is 0 Å². The molecule has 1 aliphatic carbocycles. The van der Waals surface area contributed by atoms with Gasteiger partial charge in [-0.1, -0.05) is 24.1 Å². The molecule has 1 atom stereocenters. The van der Waals surface area contributed by atoms with Crippen LogP contribution in [-0.2, 0) is 16.1 Å². The number of rotatable bonds is 4. The fourth-order valence-corrected chi connectivity index (χ4v) is 4.21. The van der Waals surface area contributed by atoms with Crippen LogP contribution in [0.1, 0.15) is 53.8 Å². The Morgan fingerprint density at radius 2 is 1.89 bits per heavy atom. The first-order chi connectivity index (χ1) is 13.6. The standard InChI is InChI=1S/C22H26N2O4/c1-16-7-9-17(10-8-16)21(26)24-19(15-28-22(24)11-3-2-4-12-22)20(25)23-14-18-6-5-13-27-18/h5-10,13,19H,2-4,11-12,14-15H2,1H3,(H,23,25)/t19-/m0/s1. The zero-order chi connectivity index (χ0) is 19.6. The summed E-state index contributed by atoms with van der Waals surface area (Å²) < 4.78 is 11.4. The lowest BCUT2D eigenvalue weighted by Gasteiger charge is -2.41. The van der Waals surface area contributed by atoms with Gasteiger partial charge in [-0.05, 0) is 56.9 Å². The lowest BCUT2D eigenvalue weighted by atomic mass is 9.89. The fraction of sp³-hybridized carbons (Fsp3) is 0.455. The first kappa shape index (κ1) is 18.7. The molecule has 1 aromatic carbocycles. The fourth-order valence-electron chi connectivity index (χ4n) is 4.21. The van der Waals surface area contributed by atoms with E-state index in [2.05, 4.69) is 5.32 Å². The summed E-state index contributed by atoms with van der Waals surface area (Å²) >= 11 is 0. The van der Waals surface area contributed by atoms with Crippen molar-refractivity contribution in [2.24, 2.45) is 0 Å². The van der Waals surface area contributed by atoms with E-state index in [-0.39, 0.29) is 18.4 Å². The Kier molecular flexibility index (Phi) is 5.22. The average molecular weight is 382 g/mol. The summed E-state index contributed by atoms with van der Waals surface area (Å²) in [6, 6.07) is 10.4. The van der Waals surface area contributed by atoms with Crippen molar-refractivity contribution < 1.29 is 18.7 Å². The maximum Gasteiger partial charge on any atom is 0.256 e. The number of hydrogen-bond donors (Lipinski definition) is 1. The number of nitrogens with one attached hydrogen (secondary N) is 1. The van der Waals surface area contributed by atoms with Crippen molar-refractivity contribution in [1.82, 2.24) is 10.2 Å². The highest BCUT2D eigenvalue weighted by molar-refractivity contribution is 5.98. The second kappa shape index (κ2) is 7.80. The highest BCUT2D eigenvalue weighted by Crippen LogP contribution is 2.41. The van der Waals surface area contributed by atoms with Gasteiger partial charge in [0, 0.05) is 5.56 Å². The molecule has 2 fully saturated rings. The van der Waals surface area contributed by atoms with Crippen LogP contribution in [0, 0.1) is 6.92 Å². The average Bonchev–Trinajstić information content (AvgIpc) is 3.35. The molecule has 2 aliphatic rings. The van der Waals surface area contributed by atoms with Crippen LogP contribution in [0.2, 0.25) is 0 Å². The summed E-state index contributed by atoms with van der Waals surface area (Å²) in [5.41, 5.74) is 1.01. The molecule has 1 saturated heterocycles. The van der Waals surface area contributed by atoms with Gasteiger partial charge < -0.3 is 14.5 Å². The molecular weight excluding hydrogens is 356 g/mol. The lowest BCUT2D eigenvalue weighted by molar-refractivity contribution is -0.127. The van der Waals surface area contributed by atoms with Crippen molar-refractivity contribution in [3.8, 4) is 0 Å². The summed E-state index contributed by atoms with van der Waals surface area (Å²) in [4.78, 5) is 28.1. The van der Waals surface area contributed by atoms with Crippen molar-refractivity contribution in [1.29, 1.82) is 0 Å². The molecule has 1 aromatic heterocycles. The summed E-state index contributed by atoms with van der Waals surface area (Å²) in [5, 5.41) is 2.89. The molecule has 1 spiro atoms. The smallest absolute Gasteiger partial charge is 0.256 e. The summed E-state index contributed by atoms with van der Waals surface area (Å²) in [7, 11) is 0. The number of amides is 2. The molecule has 2 aromatic rings. The maximum atomic E-state index is 13.4. The van der Waals surface area contributed by atoms with Gasteiger partial charge in [0.1, 0.15) is 17.5 Å². The Hall–Kier alpha value is -2.60.